The van der Waals surface area contributed by atoms with E-state index in [-0.39, 0.29) is 0 Å². The van der Waals surface area contributed by atoms with Gasteiger partial charge in [-0.3, -0.25) is 0 Å². The molecule has 2 bridgehead atoms. The van der Waals surface area contributed by atoms with Gasteiger partial charge in [0.1, 0.15) is 12.4 Å². The smallest absolute Gasteiger partial charge is 0.319 e. The number of nitrogen functional groups attached to an aromatic ring is 1. The van der Waals surface area contributed by atoms with Crippen molar-refractivity contribution in [1.29, 1.82) is 0 Å². The first kappa shape index (κ1) is 23.1. The second-order valence-electron chi connectivity index (χ2n) is 10.0. The van der Waals surface area contributed by atoms with Crippen LogP contribution in [0.4, 0.5) is 11.5 Å². The van der Waals surface area contributed by atoms with E-state index >= 15 is 0 Å². The fourth-order valence-electron chi connectivity index (χ4n) is 5.68. The number of likely N-dealkylation sites (tertiary alicyclic amines) is 1. The molecule has 3 saturated heterocycles. The Morgan fingerprint density at radius 1 is 1.06 bits per heavy atom. The molecule has 0 saturated carbocycles. The number of fused-ring (bicyclic) bond motifs is 3. The Hall–Kier alpha value is -2.32. The summed E-state index contributed by atoms with van der Waals surface area (Å²) in [5.41, 5.74) is 9.16. The molecule has 2 aromatic carbocycles. The van der Waals surface area contributed by atoms with E-state index in [1.54, 1.807) is 6.07 Å². The normalized spacial score (nSPS) is 24.4. The zero-order valence-electron chi connectivity index (χ0n) is 19.8. The van der Waals surface area contributed by atoms with Crippen molar-refractivity contribution < 1.29 is 4.74 Å². The van der Waals surface area contributed by atoms with Crippen LogP contribution in [0.1, 0.15) is 25.7 Å². The van der Waals surface area contributed by atoms with Crippen molar-refractivity contribution in [1.82, 2.24) is 20.2 Å². The summed E-state index contributed by atoms with van der Waals surface area (Å²) in [6, 6.07) is 11.5. The van der Waals surface area contributed by atoms with Crippen LogP contribution in [0.3, 0.4) is 0 Å². The molecule has 3 fully saturated rings. The number of nitrogens with one attached hydrogen (secondary N) is 1. The predicted octanol–water partition coefficient (Wildman–Crippen LogP) is 4.60. The lowest BCUT2D eigenvalue weighted by molar-refractivity contribution is 0.188. The van der Waals surface area contributed by atoms with Gasteiger partial charge in [-0.2, -0.15) is 9.97 Å². The number of nitrogens with two attached hydrogens (primary N) is 1. The summed E-state index contributed by atoms with van der Waals surface area (Å²) in [6.07, 6.45) is 4.76. The van der Waals surface area contributed by atoms with Gasteiger partial charge >= 0.3 is 6.01 Å². The molecule has 3 aromatic rings. The van der Waals surface area contributed by atoms with E-state index in [0.29, 0.717) is 46.5 Å². The minimum absolute atomic E-state index is 0.398. The number of benzene rings is 2. The largest absolute Gasteiger partial charge is 0.462 e. The highest BCUT2D eigenvalue weighted by molar-refractivity contribution is 6.38. The molecule has 3 aliphatic rings. The lowest BCUT2D eigenvalue weighted by Gasteiger charge is -2.34. The van der Waals surface area contributed by atoms with Crippen molar-refractivity contribution in [3.8, 4) is 17.1 Å². The predicted molar refractivity (Wildman–Crippen MR) is 143 cm³/mol. The zero-order valence-corrected chi connectivity index (χ0v) is 21.3. The van der Waals surface area contributed by atoms with Gasteiger partial charge in [-0.05, 0) is 69.1 Å². The van der Waals surface area contributed by atoms with Gasteiger partial charge in [-0.1, -0.05) is 29.3 Å². The third-order valence-corrected chi connectivity index (χ3v) is 8.29. The first-order valence-corrected chi connectivity index (χ1v) is 13.1. The van der Waals surface area contributed by atoms with Gasteiger partial charge in [0.25, 0.3) is 0 Å². The van der Waals surface area contributed by atoms with E-state index in [9.17, 15) is 0 Å². The number of nitrogens with zero attached hydrogens (tertiary/aromatic N) is 4. The molecular weight excluding hydrogens is 483 g/mol. The van der Waals surface area contributed by atoms with Crippen molar-refractivity contribution in [2.24, 2.45) is 0 Å². The molecule has 0 aliphatic carbocycles. The fraction of sp³-hybridized carbons (Fsp3) is 0.462. The minimum atomic E-state index is 0.398. The molecular formula is C26H30Cl2N6O. The standard InChI is InChI=1S/C26H30Cl2N6O/c1-33-8-2-3-18(33)14-35-26-31-24-9-15(20-10-23(29)22(28)11-21(20)27)4-7-19(24)25(32-26)34-12-16-5-6-17(13-34)30-16/h4,7,9-11,16-18,30H,2-3,5-6,8,12-14,29H2,1H3/t16?,17?,18-/m0/s1. The number of piperazine rings is 1. The summed E-state index contributed by atoms with van der Waals surface area (Å²) in [5, 5.41) is 5.72. The third-order valence-electron chi connectivity index (χ3n) is 7.65. The number of aromatic nitrogens is 2. The Kier molecular flexibility index (Phi) is 6.13. The summed E-state index contributed by atoms with van der Waals surface area (Å²) >= 11 is 12.7. The number of ether oxygens (including phenoxy) is 1. The molecule has 6 rings (SSSR count). The van der Waals surface area contributed by atoms with Gasteiger partial charge in [-0.25, -0.2) is 0 Å². The molecule has 184 valence electrons. The summed E-state index contributed by atoms with van der Waals surface area (Å²) in [5.74, 6) is 0.941. The van der Waals surface area contributed by atoms with Crippen molar-refractivity contribution in [3.05, 3.63) is 40.4 Å². The molecule has 1 aromatic heterocycles. The second kappa shape index (κ2) is 9.28. The maximum atomic E-state index is 6.53. The average molecular weight is 513 g/mol. The van der Waals surface area contributed by atoms with E-state index in [4.69, 9.17) is 43.6 Å². The van der Waals surface area contributed by atoms with Crippen LogP contribution >= 0.6 is 23.2 Å². The SMILES string of the molecule is CN1CCC[C@H]1COc1nc(N2CC3CCC(C2)N3)c2ccc(-c3cc(N)c(Cl)cc3Cl)cc2n1. The van der Waals surface area contributed by atoms with E-state index < -0.39 is 0 Å². The van der Waals surface area contributed by atoms with Crippen LogP contribution < -0.4 is 20.7 Å². The van der Waals surface area contributed by atoms with Crippen LogP contribution in [0, 0.1) is 0 Å². The van der Waals surface area contributed by atoms with E-state index in [2.05, 4.69) is 34.3 Å². The molecule has 3 atom stereocenters. The highest BCUT2D eigenvalue weighted by Gasteiger charge is 2.34. The Bertz CT molecular complexity index is 1260. The van der Waals surface area contributed by atoms with E-state index in [0.717, 1.165) is 53.9 Å². The molecule has 0 amide bonds. The topological polar surface area (TPSA) is 79.5 Å². The molecule has 2 unspecified atom stereocenters. The summed E-state index contributed by atoms with van der Waals surface area (Å²) in [4.78, 5) is 14.5. The number of hydrogen-bond acceptors (Lipinski definition) is 7. The van der Waals surface area contributed by atoms with Crippen molar-refractivity contribution >= 4 is 45.6 Å². The molecule has 3 aliphatic heterocycles. The van der Waals surface area contributed by atoms with Gasteiger partial charge in [-0.15, -0.1) is 0 Å². The lowest BCUT2D eigenvalue weighted by atomic mass is 10.0. The van der Waals surface area contributed by atoms with Crippen LogP contribution in [-0.2, 0) is 0 Å². The number of likely N-dealkylation sites (N-methyl/N-ethyl adjacent to an activating group) is 1. The number of rotatable bonds is 5. The van der Waals surface area contributed by atoms with Crippen LogP contribution in [-0.4, -0.2) is 66.3 Å². The van der Waals surface area contributed by atoms with Crippen LogP contribution in [0.25, 0.3) is 22.0 Å². The number of anilines is 2. The highest BCUT2D eigenvalue weighted by Crippen LogP contribution is 2.37. The molecule has 0 radical (unpaired) electrons. The average Bonchev–Trinajstić information content (AvgIpc) is 3.42. The van der Waals surface area contributed by atoms with Crippen molar-refractivity contribution in [3.63, 3.8) is 0 Å². The first-order valence-electron chi connectivity index (χ1n) is 12.4. The van der Waals surface area contributed by atoms with Crippen molar-refractivity contribution in [2.75, 3.05) is 43.9 Å². The fourth-order valence-corrected chi connectivity index (χ4v) is 6.17. The van der Waals surface area contributed by atoms with E-state index in [1.165, 1.54) is 19.3 Å². The second-order valence-corrected chi connectivity index (χ2v) is 10.9. The van der Waals surface area contributed by atoms with E-state index in [1.807, 2.05) is 12.1 Å². The summed E-state index contributed by atoms with van der Waals surface area (Å²) in [7, 11) is 2.15. The molecule has 9 heteroatoms. The lowest BCUT2D eigenvalue weighted by Crippen LogP contribution is -2.51. The van der Waals surface area contributed by atoms with Gasteiger partial charge in [0.15, 0.2) is 0 Å². The molecule has 4 heterocycles. The minimum Gasteiger partial charge on any atom is -0.462 e. The molecule has 35 heavy (non-hydrogen) atoms. The monoisotopic (exact) mass is 512 g/mol. The van der Waals surface area contributed by atoms with Crippen LogP contribution in [0.5, 0.6) is 6.01 Å². The quantitative estimate of drug-likeness (QED) is 0.483. The zero-order chi connectivity index (χ0) is 24.1. The van der Waals surface area contributed by atoms with Gasteiger partial charge in [0.05, 0.1) is 21.2 Å². The van der Waals surface area contributed by atoms with Gasteiger partial charge < -0.3 is 25.6 Å². The summed E-state index contributed by atoms with van der Waals surface area (Å²) < 4.78 is 6.20. The maximum Gasteiger partial charge on any atom is 0.319 e. The number of hydrogen-bond donors (Lipinski definition) is 2. The van der Waals surface area contributed by atoms with Crippen molar-refractivity contribution in [2.45, 2.75) is 43.8 Å². The Labute approximate surface area is 215 Å². The molecule has 3 N–H and O–H groups in total. The van der Waals surface area contributed by atoms with Gasteiger partial charge in [0, 0.05) is 42.2 Å². The molecule has 7 nitrogen and oxygen atoms in total. The third kappa shape index (κ3) is 4.51. The number of halogens is 2. The van der Waals surface area contributed by atoms with Gasteiger partial charge in [0.2, 0.25) is 0 Å². The molecule has 0 spiro atoms. The Morgan fingerprint density at radius 2 is 1.86 bits per heavy atom. The summed E-state index contributed by atoms with van der Waals surface area (Å²) in [6.45, 7) is 3.58. The Morgan fingerprint density at radius 3 is 2.60 bits per heavy atom. The first-order chi connectivity index (χ1) is 16.9. The Balaban J connectivity index is 1.40. The maximum absolute atomic E-state index is 6.53. The van der Waals surface area contributed by atoms with Crippen LogP contribution in [0.15, 0.2) is 30.3 Å². The van der Waals surface area contributed by atoms with Crippen LogP contribution in [0.2, 0.25) is 10.0 Å². The highest BCUT2D eigenvalue weighted by atomic mass is 35.5.